The van der Waals surface area contributed by atoms with Gasteiger partial charge >= 0.3 is 0 Å². The normalized spacial score (nSPS) is 31.3. The fraction of sp³-hybridized carbons (Fsp3) is 0.688. The highest BCUT2D eigenvalue weighted by Crippen LogP contribution is 2.31. The molecule has 0 aliphatic heterocycles. The molecule has 1 saturated carbocycles. The van der Waals surface area contributed by atoms with Crippen molar-refractivity contribution in [2.24, 2.45) is 11.8 Å². The van der Waals surface area contributed by atoms with Crippen LogP contribution in [0.2, 0.25) is 0 Å². The molecule has 0 aromatic carbocycles. The van der Waals surface area contributed by atoms with Gasteiger partial charge in [-0.3, -0.25) is 4.98 Å². The van der Waals surface area contributed by atoms with Gasteiger partial charge in [-0.15, -0.1) is 0 Å². The van der Waals surface area contributed by atoms with E-state index >= 15 is 0 Å². The Morgan fingerprint density at radius 1 is 1.33 bits per heavy atom. The van der Waals surface area contributed by atoms with Gasteiger partial charge in [-0.1, -0.05) is 25.8 Å². The van der Waals surface area contributed by atoms with Crippen LogP contribution in [0.4, 0.5) is 0 Å². The zero-order chi connectivity index (χ0) is 12.4. The minimum absolute atomic E-state index is 0.512. The van der Waals surface area contributed by atoms with Gasteiger partial charge < -0.3 is 5.32 Å². The van der Waals surface area contributed by atoms with Crippen molar-refractivity contribution in [2.45, 2.75) is 51.5 Å². The molecule has 1 aromatic rings. The maximum Gasteiger partial charge on any atom is 0.0605 e. The van der Waals surface area contributed by atoms with E-state index in [0.717, 1.165) is 11.8 Å². The zero-order valence-electron chi connectivity index (χ0n) is 11.4. The second-order valence-corrected chi connectivity index (χ2v) is 6.19. The Morgan fingerprint density at radius 2 is 2.28 bits per heavy atom. The smallest absolute Gasteiger partial charge is 0.0605 e. The van der Waals surface area contributed by atoms with Crippen LogP contribution in [0.5, 0.6) is 0 Å². The van der Waals surface area contributed by atoms with Crippen LogP contribution >= 0.6 is 0 Å². The molecule has 2 heteroatoms. The van der Waals surface area contributed by atoms with Crippen molar-refractivity contribution in [1.82, 2.24) is 10.3 Å². The van der Waals surface area contributed by atoms with Crippen molar-refractivity contribution >= 4 is 0 Å². The monoisotopic (exact) mass is 244 g/mol. The van der Waals surface area contributed by atoms with E-state index < -0.39 is 0 Å². The maximum absolute atomic E-state index is 4.56. The molecule has 3 rings (SSSR count). The van der Waals surface area contributed by atoms with Crippen LogP contribution in [-0.4, -0.2) is 11.5 Å². The number of hydrogen-bond acceptors (Lipinski definition) is 2. The molecule has 2 aliphatic carbocycles. The molecular weight excluding hydrogens is 220 g/mol. The lowest BCUT2D eigenvalue weighted by molar-refractivity contribution is 0.266. The van der Waals surface area contributed by atoms with Gasteiger partial charge in [0.1, 0.15) is 0 Å². The molecule has 1 heterocycles. The van der Waals surface area contributed by atoms with Crippen LogP contribution in [0.1, 0.15) is 56.3 Å². The first-order valence-corrected chi connectivity index (χ1v) is 7.50. The summed E-state index contributed by atoms with van der Waals surface area (Å²) >= 11 is 0. The molecule has 98 valence electrons. The summed E-state index contributed by atoms with van der Waals surface area (Å²) in [5.74, 6) is 1.82. The molecule has 1 aromatic heterocycles. The molecule has 0 bridgehead atoms. The highest BCUT2D eigenvalue weighted by Gasteiger charge is 2.25. The third-order valence-corrected chi connectivity index (χ3v) is 4.66. The molecule has 0 spiro atoms. The quantitative estimate of drug-likeness (QED) is 0.880. The van der Waals surface area contributed by atoms with Crippen LogP contribution < -0.4 is 5.32 Å². The summed E-state index contributed by atoms with van der Waals surface area (Å²) < 4.78 is 0. The number of nitrogens with zero attached hydrogens (tertiary/aromatic N) is 1. The molecule has 2 nitrogen and oxygen atoms in total. The van der Waals surface area contributed by atoms with Gasteiger partial charge in [-0.2, -0.15) is 0 Å². The number of nitrogens with one attached hydrogen (secondary N) is 1. The van der Waals surface area contributed by atoms with E-state index in [0.29, 0.717) is 6.04 Å². The summed E-state index contributed by atoms with van der Waals surface area (Å²) in [6, 6.07) is 4.80. The van der Waals surface area contributed by atoms with Gasteiger partial charge in [0.15, 0.2) is 0 Å². The van der Waals surface area contributed by atoms with Crippen molar-refractivity contribution in [1.29, 1.82) is 0 Å². The summed E-state index contributed by atoms with van der Waals surface area (Å²) in [4.78, 5) is 4.56. The number of fused-ring (bicyclic) bond motifs is 1. The first-order chi connectivity index (χ1) is 8.83. The molecule has 18 heavy (non-hydrogen) atoms. The summed E-state index contributed by atoms with van der Waals surface area (Å²) in [5, 5.41) is 3.77. The average Bonchev–Trinajstić information content (AvgIpc) is 2.80. The number of rotatable bonds is 3. The second kappa shape index (κ2) is 5.40. The Hall–Kier alpha value is -0.890. The molecule has 3 unspecified atom stereocenters. The Morgan fingerprint density at radius 3 is 3.17 bits per heavy atom. The fourth-order valence-electron chi connectivity index (χ4n) is 3.67. The van der Waals surface area contributed by atoms with Crippen molar-refractivity contribution in [3.8, 4) is 0 Å². The zero-order valence-corrected chi connectivity index (χ0v) is 11.4. The average molecular weight is 244 g/mol. The summed E-state index contributed by atoms with van der Waals surface area (Å²) in [5.41, 5.74) is 2.76. The van der Waals surface area contributed by atoms with E-state index in [1.54, 1.807) is 0 Å². The molecule has 0 saturated heterocycles. The molecule has 2 aliphatic rings. The number of hydrogen-bond donors (Lipinski definition) is 1. The van der Waals surface area contributed by atoms with E-state index in [1.807, 2.05) is 6.20 Å². The van der Waals surface area contributed by atoms with E-state index in [2.05, 4.69) is 29.4 Å². The van der Waals surface area contributed by atoms with Gasteiger partial charge in [0.05, 0.1) is 11.7 Å². The first-order valence-electron chi connectivity index (χ1n) is 7.50. The van der Waals surface area contributed by atoms with Gasteiger partial charge in [0.25, 0.3) is 0 Å². The van der Waals surface area contributed by atoms with Crippen LogP contribution in [0.25, 0.3) is 0 Å². The van der Waals surface area contributed by atoms with Crippen molar-refractivity contribution < 1.29 is 0 Å². The Labute approximate surface area is 110 Å². The van der Waals surface area contributed by atoms with Crippen LogP contribution in [0, 0.1) is 11.8 Å². The summed E-state index contributed by atoms with van der Waals surface area (Å²) in [6.07, 6.45) is 10.0. The highest BCUT2D eigenvalue weighted by molar-refractivity contribution is 5.27. The lowest BCUT2D eigenvalue weighted by Crippen LogP contribution is -2.29. The molecule has 0 amide bonds. The topological polar surface area (TPSA) is 24.9 Å². The van der Waals surface area contributed by atoms with E-state index in [-0.39, 0.29) is 0 Å². The minimum atomic E-state index is 0.512. The maximum atomic E-state index is 4.56. The van der Waals surface area contributed by atoms with E-state index in [4.69, 9.17) is 0 Å². The Balaban J connectivity index is 1.55. The van der Waals surface area contributed by atoms with E-state index in [1.165, 1.54) is 56.3 Å². The fourth-order valence-corrected chi connectivity index (χ4v) is 3.67. The third kappa shape index (κ3) is 2.59. The minimum Gasteiger partial charge on any atom is -0.308 e. The van der Waals surface area contributed by atoms with Gasteiger partial charge in [0.2, 0.25) is 0 Å². The van der Waals surface area contributed by atoms with Crippen molar-refractivity contribution in [3.63, 3.8) is 0 Å². The van der Waals surface area contributed by atoms with Gasteiger partial charge in [-0.25, -0.2) is 0 Å². The highest BCUT2D eigenvalue weighted by atomic mass is 15.0. The summed E-state index contributed by atoms with van der Waals surface area (Å²) in [6.45, 7) is 3.59. The van der Waals surface area contributed by atoms with Crippen LogP contribution in [0.15, 0.2) is 18.3 Å². The van der Waals surface area contributed by atoms with Crippen molar-refractivity contribution in [3.05, 3.63) is 29.6 Å². The SMILES string of the molecule is CC1CCCC(CNC2CCc3cccnc32)C1. The van der Waals surface area contributed by atoms with Crippen molar-refractivity contribution in [2.75, 3.05) is 6.54 Å². The van der Waals surface area contributed by atoms with Gasteiger partial charge in [0, 0.05) is 6.20 Å². The largest absolute Gasteiger partial charge is 0.308 e. The lowest BCUT2D eigenvalue weighted by Gasteiger charge is -2.28. The number of pyridine rings is 1. The molecule has 1 fully saturated rings. The van der Waals surface area contributed by atoms with E-state index in [9.17, 15) is 0 Å². The third-order valence-electron chi connectivity index (χ3n) is 4.66. The summed E-state index contributed by atoms with van der Waals surface area (Å²) in [7, 11) is 0. The molecular formula is C16H24N2. The number of aromatic nitrogens is 1. The predicted molar refractivity (Wildman–Crippen MR) is 74.4 cm³/mol. The van der Waals surface area contributed by atoms with Crippen LogP contribution in [0.3, 0.4) is 0 Å². The molecule has 3 atom stereocenters. The Kier molecular flexibility index (Phi) is 3.64. The standard InChI is InChI=1S/C16H24N2/c1-12-4-2-5-13(10-12)11-18-15-8-7-14-6-3-9-17-16(14)15/h3,6,9,12-13,15,18H,2,4-5,7-8,10-11H2,1H3. The molecule has 1 N–H and O–H groups in total. The Bertz CT molecular complexity index is 402. The molecule has 0 radical (unpaired) electrons. The number of aryl methyl sites for hydroxylation is 1. The lowest BCUT2D eigenvalue weighted by atomic mass is 9.82. The first kappa shape index (κ1) is 12.2. The second-order valence-electron chi connectivity index (χ2n) is 6.19. The van der Waals surface area contributed by atoms with Crippen LogP contribution in [-0.2, 0) is 6.42 Å². The predicted octanol–water partition coefficient (Wildman–Crippen LogP) is 3.48. The van der Waals surface area contributed by atoms with Gasteiger partial charge in [-0.05, 0) is 55.7 Å².